The van der Waals surface area contributed by atoms with Gasteiger partial charge in [-0.2, -0.15) is 0 Å². The molecule has 0 bridgehead atoms. The van der Waals surface area contributed by atoms with E-state index in [0.29, 0.717) is 28.2 Å². The quantitative estimate of drug-likeness (QED) is 0.690. The zero-order valence-corrected chi connectivity index (χ0v) is 13.1. The third-order valence-corrected chi connectivity index (χ3v) is 3.62. The molecule has 0 saturated carbocycles. The van der Waals surface area contributed by atoms with Crippen molar-refractivity contribution >= 4 is 11.0 Å². The van der Waals surface area contributed by atoms with Crippen molar-refractivity contribution in [3.05, 3.63) is 52.9 Å². The summed E-state index contributed by atoms with van der Waals surface area (Å²) in [4.78, 5) is 12.0. The van der Waals surface area contributed by atoms with E-state index in [9.17, 15) is 4.79 Å². The van der Waals surface area contributed by atoms with Crippen molar-refractivity contribution in [2.75, 3.05) is 21.3 Å². The number of ether oxygens (including phenoxy) is 3. The minimum absolute atomic E-state index is 0.409. The molecule has 118 valence electrons. The third-order valence-electron chi connectivity index (χ3n) is 3.62. The average molecular weight is 312 g/mol. The van der Waals surface area contributed by atoms with Crippen molar-refractivity contribution in [3.8, 4) is 28.4 Å². The summed E-state index contributed by atoms with van der Waals surface area (Å²) in [6.45, 7) is 0. The molecule has 0 amide bonds. The van der Waals surface area contributed by atoms with Crippen LogP contribution in [0.25, 0.3) is 22.1 Å². The molecule has 0 saturated heterocycles. The molecule has 5 nitrogen and oxygen atoms in total. The molecule has 0 fully saturated rings. The van der Waals surface area contributed by atoms with Crippen LogP contribution in [-0.4, -0.2) is 21.3 Å². The minimum Gasteiger partial charge on any atom is -0.497 e. The molecule has 0 unspecified atom stereocenters. The van der Waals surface area contributed by atoms with E-state index in [0.717, 1.165) is 11.1 Å². The molecule has 0 aliphatic heterocycles. The van der Waals surface area contributed by atoms with Gasteiger partial charge in [0.15, 0.2) is 0 Å². The molecule has 0 radical (unpaired) electrons. The van der Waals surface area contributed by atoms with Gasteiger partial charge in [0, 0.05) is 23.8 Å². The Labute approximate surface area is 133 Å². The number of hydrogen-bond donors (Lipinski definition) is 0. The molecule has 0 N–H and O–H groups in total. The molecule has 23 heavy (non-hydrogen) atoms. The third kappa shape index (κ3) is 2.73. The van der Waals surface area contributed by atoms with Crippen LogP contribution in [0, 0.1) is 0 Å². The first-order chi connectivity index (χ1) is 11.2. The maximum atomic E-state index is 12.0. The van der Waals surface area contributed by atoms with Gasteiger partial charge in [0.1, 0.15) is 22.8 Å². The van der Waals surface area contributed by atoms with E-state index in [1.165, 1.54) is 6.07 Å². The van der Waals surface area contributed by atoms with Crippen molar-refractivity contribution in [2.24, 2.45) is 0 Å². The van der Waals surface area contributed by atoms with Crippen LogP contribution < -0.4 is 19.8 Å². The lowest BCUT2D eigenvalue weighted by Gasteiger charge is -2.12. The predicted molar refractivity (Wildman–Crippen MR) is 87.6 cm³/mol. The Hall–Kier alpha value is -2.95. The highest BCUT2D eigenvalue weighted by Crippen LogP contribution is 2.38. The lowest BCUT2D eigenvalue weighted by molar-refractivity contribution is 0.396. The van der Waals surface area contributed by atoms with Crippen LogP contribution in [0.1, 0.15) is 0 Å². The summed E-state index contributed by atoms with van der Waals surface area (Å²) in [7, 11) is 4.71. The summed E-state index contributed by atoms with van der Waals surface area (Å²) in [6.07, 6.45) is 0. The summed E-state index contributed by atoms with van der Waals surface area (Å²) in [5.74, 6) is 1.83. The van der Waals surface area contributed by atoms with Crippen molar-refractivity contribution in [1.82, 2.24) is 0 Å². The van der Waals surface area contributed by atoms with Gasteiger partial charge in [-0.3, -0.25) is 0 Å². The monoisotopic (exact) mass is 312 g/mol. The summed E-state index contributed by atoms with van der Waals surface area (Å²) in [6, 6.07) is 12.3. The number of hydrogen-bond acceptors (Lipinski definition) is 5. The van der Waals surface area contributed by atoms with Gasteiger partial charge in [0.25, 0.3) is 0 Å². The normalized spacial score (nSPS) is 10.6. The number of rotatable bonds is 4. The Morgan fingerprint density at radius 1 is 0.870 bits per heavy atom. The van der Waals surface area contributed by atoms with E-state index in [2.05, 4.69) is 0 Å². The lowest BCUT2D eigenvalue weighted by atomic mass is 10.0. The molecule has 1 aromatic heterocycles. The van der Waals surface area contributed by atoms with Gasteiger partial charge in [-0.05, 0) is 17.7 Å². The van der Waals surface area contributed by atoms with Crippen LogP contribution in [-0.2, 0) is 0 Å². The van der Waals surface area contributed by atoms with Gasteiger partial charge in [-0.25, -0.2) is 4.79 Å². The van der Waals surface area contributed by atoms with Gasteiger partial charge in [-0.15, -0.1) is 0 Å². The fourth-order valence-electron chi connectivity index (χ4n) is 2.54. The van der Waals surface area contributed by atoms with Gasteiger partial charge < -0.3 is 18.6 Å². The van der Waals surface area contributed by atoms with E-state index < -0.39 is 5.63 Å². The molecule has 0 aliphatic carbocycles. The number of methoxy groups -OCH3 is 3. The molecule has 0 aliphatic rings. The second kappa shape index (κ2) is 6.04. The summed E-state index contributed by atoms with van der Waals surface area (Å²) in [5.41, 5.74) is 1.53. The standard InChI is InChI=1S/C18H16O5/c1-20-12-6-4-5-11(7-12)14-10-17(19)23-16-9-13(21-2)8-15(22-3)18(14)16/h4-10H,1-3H3. The van der Waals surface area contributed by atoms with Gasteiger partial charge >= 0.3 is 5.63 Å². The smallest absolute Gasteiger partial charge is 0.336 e. The van der Waals surface area contributed by atoms with Crippen molar-refractivity contribution in [3.63, 3.8) is 0 Å². The maximum Gasteiger partial charge on any atom is 0.336 e. The largest absolute Gasteiger partial charge is 0.497 e. The molecule has 3 rings (SSSR count). The molecule has 1 heterocycles. The fraction of sp³-hybridized carbons (Fsp3) is 0.167. The van der Waals surface area contributed by atoms with Crippen LogP contribution in [0.5, 0.6) is 17.2 Å². The summed E-state index contributed by atoms with van der Waals surface area (Å²) < 4.78 is 21.3. The van der Waals surface area contributed by atoms with Crippen LogP contribution in [0.2, 0.25) is 0 Å². The lowest BCUT2D eigenvalue weighted by Crippen LogP contribution is -2.00. The van der Waals surface area contributed by atoms with Crippen LogP contribution in [0.4, 0.5) is 0 Å². The zero-order valence-electron chi connectivity index (χ0n) is 13.1. The van der Waals surface area contributed by atoms with Gasteiger partial charge in [0.05, 0.1) is 26.7 Å². The molecule has 0 spiro atoms. The Morgan fingerprint density at radius 2 is 1.65 bits per heavy atom. The van der Waals surface area contributed by atoms with Crippen molar-refractivity contribution in [1.29, 1.82) is 0 Å². The van der Waals surface area contributed by atoms with E-state index in [-0.39, 0.29) is 0 Å². The highest BCUT2D eigenvalue weighted by molar-refractivity contribution is 5.98. The molecule has 2 aromatic carbocycles. The second-order valence-corrected chi connectivity index (χ2v) is 4.91. The van der Waals surface area contributed by atoms with Gasteiger partial charge in [-0.1, -0.05) is 12.1 Å². The van der Waals surface area contributed by atoms with Crippen LogP contribution in [0.3, 0.4) is 0 Å². The number of fused-ring (bicyclic) bond motifs is 1. The van der Waals surface area contributed by atoms with E-state index >= 15 is 0 Å². The molecular weight excluding hydrogens is 296 g/mol. The average Bonchev–Trinajstić information content (AvgIpc) is 2.59. The molecular formula is C18H16O5. The SMILES string of the molecule is COc1cccc(-c2cc(=O)oc3cc(OC)cc(OC)c23)c1. The Morgan fingerprint density at radius 3 is 2.35 bits per heavy atom. The van der Waals surface area contributed by atoms with Crippen LogP contribution >= 0.6 is 0 Å². The minimum atomic E-state index is -0.439. The predicted octanol–water partition coefficient (Wildman–Crippen LogP) is 3.49. The second-order valence-electron chi connectivity index (χ2n) is 4.91. The Kier molecular flexibility index (Phi) is 3.93. The van der Waals surface area contributed by atoms with Crippen molar-refractivity contribution < 1.29 is 18.6 Å². The van der Waals surface area contributed by atoms with Gasteiger partial charge in [0.2, 0.25) is 0 Å². The van der Waals surface area contributed by atoms with E-state index in [1.807, 2.05) is 24.3 Å². The molecule has 5 heteroatoms. The Balaban J connectivity index is 2.37. The van der Waals surface area contributed by atoms with Crippen molar-refractivity contribution in [2.45, 2.75) is 0 Å². The van der Waals surface area contributed by atoms with Crippen LogP contribution in [0.15, 0.2) is 51.7 Å². The first kappa shape index (κ1) is 15.0. The zero-order chi connectivity index (χ0) is 16.4. The first-order valence-corrected chi connectivity index (χ1v) is 7.00. The molecule has 0 atom stereocenters. The highest BCUT2D eigenvalue weighted by atomic mass is 16.5. The first-order valence-electron chi connectivity index (χ1n) is 7.00. The number of benzene rings is 2. The summed E-state index contributed by atoms with van der Waals surface area (Å²) in [5, 5.41) is 0.709. The topological polar surface area (TPSA) is 57.9 Å². The maximum absolute atomic E-state index is 12.0. The van der Waals surface area contributed by atoms with E-state index in [4.69, 9.17) is 18.6 Å². The molecule has 3 aromatic rings. The summed E-state index contributed by atoms with van der Waals surface area (Å²) >= 11 is 0. The Bertz CT molecular complexity index is 911. The highest BCUT2D eigenvalue weighted by Gasteiger charge is 2.15. The fourth-order valence-corrected chi connectivity index (χ4v) is 2.54. The van der Waals surface area contributed by atoms with E-state index in [1.54, 1.807) is 33.5 Å².